The summed E-state index contributed by atoms with van der Waals surface area (Å²) in [5.41, 5.74) is 5.24. The van der Waals surface area contributed by atoms with Crippen LogP contribution in [0.5, 0.6) is 0 Å². The highest BCUT2D eigenvalue weighted by Gasteiger charge is 2.41. The summed E-state index contributed by atoms with van der Waals surface area (Å²) in [7, 11) is 0. The van der Waals surface area contributed by atoms with E-state index in [-0.39, 0.29) is 18.4 Å². The first kappa shape index (κ1) is 12.1. The van der Waals surface area contributed by atoms with Crippen molar-refractivity contribution in [1.29, 1.82) is 0 Å². The highest BCUT2D eigenvalue weighted by Crippen LogP contribution is 2.37. The zero-order valence-corrected chi connectivity index (χ0v) is 9.63. The van der Waals surface area contributed by atoms with Gasteiger partial charge in [0.2, 0.25) is 0 Å². The second-order valence-corrected chi connectivity index (χ2v) is 4.67. The Hall–Kier alpha value is -1.39. The van der Waals surface area contributed by atoms with Crippen molar-refractivity contribution >= 4 is 5.97 Å². The lowest BCUT2D eigenvalue weighted by Crippen LogP contribution is -2.51. The standard InChI is InChI=1S/C13H17NO3/c14-9-13(16)6-10(7-13)8-17-12(15)11-4-2-1-3-5-11/h1-5,10,16H,6-9,14H2. The molecule has 0 atom stereocenters. The van der Waals surface area contributed by atoms with Gasteiger partial charge < -0.3 is 15.6 Å². The quantitative estimate of drug-likeness (QED) is 0.762. The molecule has 4 nitrogen and oxygen atoms in total. The van der Waals surface area contributed by atoms with Gasteiger partial charge in [0, 0.05) is 6.54 Å². The van der Waals surface area contributed by atoms with Crippen LogP contribution in [0.4, 0.5) is 0 Å². The van der Waals surface area contributed by atoms with Gasteiger partial charge in [0.25, 0.3) is 0 Å². The van der Waals surface area contributed by atoms with Gasteiger partial charge in [-0.2, -0.15) is 0 Å². The second-order valence-electron chi connectivity index (χ2n) is 4.67. The third-order valence-electron chi connectivity index (χ3n) is 3.18. The van der Waals surface area contributed by atoms with Crippen LogP contribution in [0.3, 0.4) is 0 Å². The molecule has 1 aromatic rings. The van der Waals surface area contributed by atoms with Crippen molar-refractivity contribution in [2.75, 3.05) is 13.2 Å². The Morgan fingerprint density at radius 3 is 2.65 bits per heavy atom. The zero-order valence-electron chi connectivity index (χ0n) is 9.63. The molecule has 0 aliphatic heterocycles. The van der Waals surface area contributed by atoms with Crippen LogP contribution in [0, 0.1) is 5.92 Å². The highest BCUT2D eigenvalue weighted by atomic mass is 16.5. The van der Waals surface area contributed by atoms with E-state index in [1.807, 2.05) is 6.07 Å². The first-order valence-corrected chi connectivity index (χ1v) is 5.77. The monoisotopic (exact) mass is 235 g/mol. The molecule has 1 aromatic carbocycles. The van der Waals surface area contributed by atoms with E-state index in [1.165, 1.54) is 0 Å². The molecule has 17 heavy (non-hydrogen) atoms. The van der Waals surface area contributed by atoms with Gasteiger partial charge in [0.15, 0.2) is 0 Å². The summed E-state index contributed by atoms with van der Waals surface area (Å²) >= 11 is 0. The molecule has 1 aliphatic rings. The Morgan fingerprint density at radius 2 is 2.06 bits per heavy atom. The van der Waals surface area contributed by atoms with Crippen LogP contribution in [0.25, 0.3) is 0 Å². The van der Waals surface area contributed by atoms with Crippen molar-refractivity contribution in [3.05, 3.63) is 35.9 Å². The molecule has 0 bridgehead atoms. The largest absolute Gasteiger partial charge is 0.462 e. The van der Waals surface area contributed by atoms with E-state index < -0.39 is 5.60 Å². The minimum atomic E-state index is -0.732. The van der Waals surface area contributed by atoms with Crippen LogP contribution in [-0.4, -0.2) is 29.8 Å². The number of hydrogen-bond acceptors (Lipinski definition) is 4. The maximum atomic E-state index is 11.6. The molecule has 3 N–H and O–H groups in total. The van der Waals surface area contributed by atoms with Crippen molar-refractivity contribution in [1.82, 2.24) is 0 Å². The van der Waals surface area contributed by atoms with E-state index in [0.29, 0.717) is 25.0 Å². The third kappa shape index (κ3) is 2.84. The van der Waals surface area contributed by atoms with Crippen LogP contribution in [-0.2, 0) is 4.74 Å². The summed E-state index contributed by atoms with van der Waals surface area (Å²) in [5.74, 6) is -0.0787. The van der Waals surface area contributed by atoms with E-state index >= 15 is 0 Å². The van der Waals surface area contributed by atoms with E-state index in [4.69, 9.17) is 10.5 Å². The van der Waals surface area contributed by atoms with Crippen LogP contribution in [0.1, 0.15) is 23.2 Å². The molecule has 0 heterocycles. The predicted octanol–water partition coefficient (Wildman–Crippen LogP) is 0.943. The van der Waals surface area contributed by atoms with Gasteiger partial charge >= 0.3 is 5.97 Å². The molecule has 92 valence electrons. The van der Waals surface area contributed by atoms with Crippen molar-refractivity contribution < 1.29 is 14.6 Å². The first-order chi connectivity index (χ1) is 8.13. The summed E-state index contributed by atoms with van der Waals surface area (Å²) in [5, 5.41) is 9.71. The molecule has 0 radical (unpaired) electrons. The van der Waals surface area contributed by atoms with Gasteiger partial charge in [0.1, 0.15) is 0 Å². The molecule has 0 aromatic heterocycles. The zero-order chi connectivity index (χ0) is 12.3. The number of ether oxygens (including phenoxy) is 1. The smallest absolute Gasteiger partial charge is 0.338 e. The van der Waals surface area contributed by atoms with Crippen LogP contribution >= 0.6 is 0 Å². The van der Waals surface area contributed by atoms with Crippen LogP contribution in [0.15, 0.2) is 30.3 Å². The molecule has 1 saturated carbocycles. The van der Waals surface area contributed by atoms with Crippen molar-refractivity contribution in [2.24, 2.45) is 11.7 Å². The fourth-order valence-corrected chi connectivity index (χ4v) is 2.15. The number of hydrogen-bond donors (Lipinski definition) is 2. The Bertz CT molecular complexity index is 385. The number of rotatable bonds is 4. The van der Waals surface area contributed by atoms with Gasteiger partial charge in [0.05, 0.1) is 17.8 Å². The van der Waals surface area contributed by atoms with Gasteiger partial charge in [-0.05, 0) is 30.9 Å². The molecule has 2 rings (SSSR count). The van der Waals surface area contributed by atoms with Gasteiger partial charge in [-0.25, -0.2) is 4.79 Å². The minimum absolute atomic E-state index is 0.233. The normalized spacial score (nSPS) is 27.3. The van der Waals surface area contributed by atoms with Gasteiger partial charge in [-0.15, -0.1) is 0 Å². The molecule has 0 amide bonds. The summed E-state index contributed by atoms with van der Waals surface area (Å²) in [6.45, 7) is 0.631. The van der Waals surface area contributed by atoms with E-state index in [1.54, 1.807) is 24.3 Å². The second kappa shape index (κ2) is 4.85. The van der Waals surface area contributed by atoms with Crippen molar-refractivity contribution in [3.63, 3.8) is 0 Å². The average molecular weight is 235 g/mol. The molecule has 4 heteroatoms. The van der Waals surface area contributed by atoms with E-state index in [0.717, 1.165) is 0 Å². The molecule has 0 unspecified atom stereocenters. The molecular formula is C13H17NO3. The number of benzene rings is 1. The fourth-order valence-electron chi connectivity index (χ4n) is 2.15. The summed E-state index contributed by atoms with van der Waals surface area (Å²) < 4.78 is 5.18. The third-order valence-corrected chi connectivity index (χ3v) is 3.18. The Labute approximate surface area is 100 Å². The molecule has 0 saturated heterocycles. The van der Waals surface area contributed by atoms with Crippen molar-refractivity contribution in [3.8, 4) is 0 Å². The summed E-state index contributed by atoms with van der Waals surface area (Å²) in [4.78, 5) is 11.6. The average Bonchev–Trinajstić information content (AvgIpc) is 2.34. The number of esters is 1. The lowest BCUT2D eigenvalue weighted by atomic mass is 9.71. The number of carbonyl (C=O) groups excluding carboxylic acids is 1. The topological polar surface area (TPSA) is 72.6 Å². The Kier molecular flexibility index (Phi) is 3.45. The number of nitrogens with two attached hydrogens (primary N) is 1. The molecule has 0 spiro atoms. The van der Waals surface area contributed by atoms with Gasteiger partial charge in [-0.3, -0.25) is 0 Å². The van der Waals surface area contributed by atoms with E-state index in [9.17, 15) is 9.90 Å². The highest BCUT2D eigenvalue weighted by molar-refractivity contribution is 5.89. The first-order valence-electron chi connectivity index (χ1n) is 5.77. The maximum Gasteiger partial charge on any atom is 0.338 e. The van der Waals surface area contributed by atoms with Gasteiger partial charge in [-0.1, -0.05) is 18.2 Å². The lowest BCUT2D eigenvalue weighted by molar-refractivity contribution is -0.0823. The fraction of sp³-hybridized carbons (Fsp3) is 0.462. The van der Waals surface area contributed by atoms with Crippen LogP contribution in [0.2, 0.25) is 0 Å². The Balaban J connectivity index is 1.76. The summed E-state index contributed by atoms with van der Waals surface area (Å²) in [6, 6.07) is 8.89. The number of carbonyl (C=O) groups is 1. The SMILES string of the molecule is NCC1(O)CC(COC(=O)c2ccccc2)C1. The minimum Gasteiger partial charge on any atom is -0.462 e. The summed E-state index contributed by atoms with van der Waals surface area (Å²) in [6.07, 6.45) is 1.23. The van der Waals surface area contributed by atoms with E-state index in [2.05, 4.69) is 0 Å². The van der Waals surface area contributed by atoms with Crippen molar-refractivity contribution in [2.45, 2.75) is 18.4 Å². The predicted molar refractivity (Wildman–Crippen MR) is 63.5 cm³/mol. The Morgan fingerprint density at radius 1 is 1.41 bits per heavy atom. The molecular weight excluding hydrogens is 218 g/mol. The maximum absolute atomic E-state index is 11.6. The van der Waals surface area contributed by atoms with Crippen LogP contribution < -0.4 is 5.73 Å². The lowest BCUT2D eigenvalue weighted by Gasteiger charge is -2.42. The molecule has 1 fully saturated rings. The molecule has 1 aliphatic carbocycles. The number of aliphatic hydroxyl groups is 1.